The van der Waals surface area contributed by atoms with Crippen LogP contribution in [0.25, 0.3) is 10.8 Å². The summed E-state index contributed by atoms with van der Waals surface area (Å²) in [4.78, 5) is 43.2. The lowest BCUT2D eigenvalue weighted by atomic mass is 10.1. The molecule has 0 fully saturated rings. The Hall–Kier alpha value is -3.09. The Labute approximate surface area is 221 Å². The number of anilines is 1. The Morgan fingerprint density at radius 2 is 1.75 bits per heavy atom. The summed E-state index contributed by atoms with van der Waals surface area (Å²) < 4.78 is 0. The Kier molecular flexibility index (Phi) is 7.86. The van der Waals surface area contributed by atoms with E-state index in [1.807, 2.05) is 51.1 Å². The van der Waals surface area contributed by atoms with Crippen LogP contribution in [0.5, 0.6) is 0 Å². The maximum Gasteiger partial charge on any atom is 0.259 e. The molecule has 0 bridgehead atoms. The second kappa shape index (κ2) is 10.9. The van der Waals surface area contributed by atoms with Gasteiger partial charge in [0.05, 0.1) is 15.7 Å². The van der Waals surface area contributed by atoms with Crippen LogP contribution in [0.2, 0.25) is 10.0 Å². The van der Waals surface area contributed by atoms with E-state index in [1.54, 1.807) is 24.3 Å². The molecule has 6 nitrogen and oxygen atoms in total. The third-order valence-corrected chi connectivity index (χ3v) is 7.09. The third-order valence-electron chi connectivity index (χ3n) is 6.35. The Morgan fingerprint density at radius 1 is 1.03 bits per heavy atom. The van der Waals surface area contributed by atoms with Crippen molar-refractivity contribution in [2.24, 2.45) is 5.92 Å². The van der Waals surface area contributed by atoms with Gasteiger partial charge in [0.15, 0.2) is 0 Å². The average molecular weight is 526 g/mol. The highest BCUT2D eigenvalue weighted by Crippen LogP contribution is 2.37. The molecule has 36 heavy (non-hydrogen) atoms. The van der Waals surface area contributed by atoms with Crippen LogP contribution in [0.4, 0.5) is 5.69 Å². The number of benzene rings is 3. The van der Waals surface area contributed by atoms with Crippen LogP contribution in [-0.2, 0) is 16.1 Å². The fraction of sp³-hybridized carbons (Fsp3) is 0.321. The highest BCUT2D eigenvalue weighted by atomic mass is 35.5. The lowest BCUT2D eigenvalue weighted by Crippen LogP contribution is -2.52. The second-order valence-electron chi connectivity index (χ2n) is 9.41. The van der Waals surface area contributed by atoms with E-state index in [2.05, 4.69) is 5.32 Å². The zero-order valence-electron chi connectivity index (χ0n) is 20.6. The van der Waals surface area contributed by atoms with Crippen molar-refractivity contribution < 1.29 is 14.4 Å². The molecule has 3 aromatic rings. The summed E-state index contributed by atoms with van der Waals surface area (Å²) in [6.07, 6.45) is 0.417. The van der Waals surface area contributed by atoms with Crippen molar-refractivity contribution in [3.8, 4) is 0 Å². The van der Waals surface area contributed by atoms with Gasteiger partial charge in [-0.05, 0) is 47.6 Å². The summed E-state index contributed by atoms with van der Waals surface area (Å²) in [6.45, 7) is 6.37. The first-order chi connectivity index (χ1) is 17.2. The van der Waals surface area contributed by atoms with Crippen LogP contribution >= 0.6 is 23.2 Å². The van der Waals surface area contributed by atoms with Gasteiger partial charge in [0.2, 0.25) is 11.8 Å². The van der Waals surface area contributed by atoms with Crippen molar-refractivity contribution >= 4 is 57.4 Å². The normalized spacial score (nSPS) is 13.4. The highest BCUT2D eigenvalue weighted by Gasteiger charge is 2.35. The molecule has 0 aromatic heterocycles. The minimum Gasteiger partial charge on any atom is -0.354 e. The summed E-state index contributed by atoms with van der Waals surface area (Å²) in [5.41, 5.74) is 2.02. The number of nitrogens with zero attached hydrogens (tertiary/aromatic N) is 2. The van der Waals surface area contributed by atoms with Crippen LogP contribution < -0.4 is 10.2 Å². The highest BCUT2D eigenvalue weighted by molar-refractivity contribution is 6.42. The number of hydrogen-bond donors (Lipinski definition) is 1. The maximum absolute atomic E-state index is 13.8. The van der Waals surface area contributed by atoms with E-state index in [-0.39, 0.29) is 36.7 Å². The first-order valence-electron chi connectivity index (χ1n) is 12.1. The van der Waals surface area contributed by atoms with Crippen LogP contribution in [0.3, 0.4) is 0 Å². The van der Waals surface area contributed by atoms with Crippen molar-refractivity contribution in [1.29, 1.82) is 0 Å². The fourth-order valence-electron chi connectivity index (χ4n) is 4.54. The van der Waals surface area contributed by atoms with Gasteiger partial charge in [-0.25, -0.2) is 0 Å². The molecule has 1 N–H and O–H groups in total. The van der Waals surface area contributed by atoms with Crippen molar-refractivity contribution in [3.05, 3.63) is 75.8 Å². The standard InChI is InChI=1S/C28H29Cl2N3O3/c1-4-23(27(35)31-14-17(2)3)32(15-18-11-12-21(29)22(30)13-18)25(34)16-33-24-10-6-8-19-7-5-9-20(26(19)24)28(33)36/h5-13,17,23H,4,14-16H2,1-3H3,(H,31,35)/t23-/m1/s1. The van der Waals surface area contributed by atoms with Gasteiger partial charge in [-0.2, -0.15) is 0 Å². The minimum absolute atomic E-state index is 0.155. The van der Waals surface area contributed by atoms with Crippen molar-refractivity contribution in [1.82, 2.24) is 10.2 Å². The van der Waals surface area contributed by atoms with Gasteiger partial charge in [0.1, 0.15) is 12.6 Å². The van der Waals surface area contributed by atoms with Crippen molar-refractivity contribution in [2.75, 3.05) is 18.0 Å². The van der Waals surface area contributed by atoms with Gasteiger partial charge < -0.3 is 10.2 Å². The maximum atomic E-state index is 13.8. The number of rotatable bonds is 9. The van der Waals surface area contributed by atoms with Gasteiger partial charge in [0, 0.05) is 24.0 Å². The predicted molar refractivity (Wildman–Crippen MR) is 145 cm³/mol. The van der Waals surface area contributed by atoms with Crippen LogP contribution in [-0.4, -0.2) is 41.8 Å². The lowest BCUT2D eigenvalue weighted by molar-refractivity contribution is -0.140. The van der Waals surface area contributed by atoms with Gasteiger partial charge in [-0.3, -0.25) is 19.3 Å². The molecule has 3 aromatic carbocycles. The SMILES string of the molecule is CC[C@H](C(=O)NCC(C)C)N(Cc1ccc(Cl)c(Cl)c1)C(=O)CN1C(=O)c2cccc3cccc1c23. The lowest BCUT2D eigenvalue weighted by Gasteiger charge is -2.32. The molecule has 1 aliphatic rings. The first kappa shape index (κ1) is 26.0. The molecule has 8 heteroatoms. The van der Waals surface area contributed by atoms with E-state index in [4.69, 9.17) is 23.2 Å². The third kappa shape index (κ3) is 5.20. The molecule has 1 heterocycles. The van der Waals surface area contributed by atoms with Gasteiger partial charge in [-0.15, -0.1) is 0 Å². The summed E-state index contributed by atoms with van der Waals surface area (Å²) in [5.74, 6) is -0.502. The van der Waals surface area contributed by atoms with E-state index < -0.39 is 6.04 Å². The topological polar surface area (TPSA) is 69.7 Å². The van der Waals surface area contributed by atoms with E-state index in [1.165, 1.54) is 9.80 Å². The van der Waals surface area contributed by atoms with Gasteiger partial charge >= 0.3 is 0 Å². The number of halogens is 2. The number of carbonyl (C=O) groups excluding carboxylic acids is 3. The fourth-order valence-corrected chi connectivity index (χ4v) is 4.86. The van der Waals surface area contributed by atoms with E-state index in [0.717, 1.165) is 16.3 Å². The molecule has 188 valence electrons. The van der Waals surface area contributed by atoms with Crippen LogP contribution in [0.15, 0.2) is 54.6 Å². The molecule has 0 radical (unpaired) electrons. The molecule has 0 unspecified atom stereocenters. The molecular weight excluding hydrogens is 497 g/mol. The number of carbonyl (C=O) groups is 3. The van der Waals surface area contributed by atoms with Crippen molar-refractivity contribution in [2.45, 2.75) is 39.8 Å². The van der Waals surface area contributed by atoms with Crippen LogP contribution in [0.1, 0.15) is 43.1 Å². The van der Waals surface area contributed by atoms with Gasteiger partial charge in [0.25, 0.3) is 5.91 Å². The monoisotopic (exact) mass is 525 g/mol. The van der Waals surface area contributed by atoms with E-state index in [0.29, 0.717) is 34.3 Å². The van der Waals surface area contributed by atoms with E-state index >= 15 is 0 Å². The Morgan fingerprint density at radius 3 is 2.42 bits per heavy atom. The predicted octanol–water partition coefficient (Wildman–Crippen LogP) is 5.69. The molecule has 1 aliphatic heterocycles. The summed E-state index contributed by atoms with van der Waals surface area (Å²) in [7, 11) is 0. The largest absolute Gasteiger partial charge is 0.354 e. The summed E-state index contributed by atoms with van der Waals surface area (Å²) in [5, 5.41) is 5.52. The van der Waals surface area contributed by atoms with Gasteiger partial charge in [-0.1, -0.05) is 74.3 Å². The smallest absolute Gasteiger partial charge is 0.259 e. The molecule has 1 atom stereocenters. The Bertz CT molecular complexity index is 1320. The molecule has 3 amide bonds. The summed E-state index contributed by atoms with van der Waals surface area (Å²) >= 11 is 12.3. The second-order valence-corrected chi connectivity index (χ2v) is 10.2. The number of hydrogen-bond acceptors (Lipinski definition) is 3. The molecule has 0 saturated carbocycles. The average Bonchev–Trinajstić information content (AvgIpc) is 3.12. The molecule has 0 aliphatic carbocycles. The van der Waals surface area contributed by atoms with Crippen molar-refractivity contribution in [3.63, 3.8) is 0 Å². The number of nitrogens with one attached hydrogen (secondary N) is 1. The summed E-state index contributed by atoms with van der Waals surface area (Å²) in [6, 6.07) is 15.7. The molecule has 4 rings (SSSR count). The first-order valence-corrected chi connectivity index (χ1v) is 12.8. The zero-order chi connectivity index (χ0) is 26.0. The quantitative estimate of drug-likeness (QED) is 0.390. The molecular formula is C28H29Cl2N3O3. The number of amides is 3. The van der Waals surface area contributed by atoms with E-state index in [9.17, 15) is 14.4 Å². The zero-order valence-corrected chi connectivity index (χ0v) is 22.1. The Balaban J connectivity index is 1.65. The molecule has 0 spiro atoms. The molecule has 0 saturated heterocycles. The minimum atomic E-state index is -0.707. The van der Waals surface area contributed by atoms with Crippen LogP contribution in [0, 0.1) is 5.92 Å².